The summed E-state index contributed by atoms with van der Waals surface area (Å²) in [4.78, 5) is 9.88. The first kappa shape index (κ1) is 18.0. The maximum Gasteiger partial charge on any atom is 0.163 e. The molecule has 0 bridgehead atoms. The smallest absolute Gasteiger partial charge is 0.163 e. The lowest BCUT2D eigenvalue weighted by atomic mass is 9.82. The Balaban J connectivity index is 1.78. The summed E-state index contributed by atoms with van der Waals surface area (Å²) in [5.74, 6) is -0.449. The predicted molar refractivity (Wildman–Crippen MR) is 106 cm³/mol. The first-order valence-corrected chi connectivity index (χ1v) is 9.23. The van der Waals surface area contributed by atoms with Gasteiger partial charge in [0.05, 0.1) is 22.8 Å². The van der Waals surface area contributed by atoms with Crippen LogP contribution in [0.15, 0.2) is 78.2 Å². The van der Waals surface area contributed by atoms with Crippen LogP contribution < -0.4 is 0 Å². The second-order valence-electron chi connectivity index (χ2n) is 6.29. The van der Waals surface area contributed by atoms with Gasteiger partial charge in [-0.1, -0.05) is 70.8 Å². The van der Waals surface area contributed by atoms with Crippen molar-refractivity contribution in [3.05, 3.63) is 99.8 Å². The van der Waals surface area contributed by atoms with E-state index < -0.39 is 18.1 Å². The fourth-order valence-electron chi connectivity index (χ4n) is 3.29. The van der Waals surface area contributed by atoms with E-state index in [9.17, 15) is 5.11 Å². The molecule has 4 rings (SSSR count). The highest BCUT2D eigenvalue weighted by Gasteiger charge is 2.42. The van der Waals surface area contributed by atoms with Gasteiger partial charge in [0.1, 0.15) is 0 Å². The Morgan fingerprint density at radius 1 is 1.00 bits per heavy atom. The summed E-state index contributed by atoms with van der Waals surface area (Å²) in [6, 6.07) is 18.5. The van der Waals surface area contributed by atoms with Gasteiger partial charge >= 0.3 is 0 Å². The minimum absolute atomic E-state index is 0.442. The van der Waals surface area contributed by atoms with Gasteiger partial charge in [-0.3, -0.25) is 4.98 Å². The molecule has 6 heteroatoms. The van der Waals surface area contributed by atoms with Gasteiger partial charge in [-0.05, 0) is 29.3 Å². The van der Waals surface area contributed by atoms with Gasteiger partial charge in [-0.15, -0.1) is 0 Å². The second kappa shape index (κ2) is 7.69. The molecule has 1 aromatic heterocycles. The van der Waals surface area contributed by atoms with Gasteiger partial charge in [0, 0.05) is 23.0 Å². The molecule has 27 heavy (non-hydrogen) atoms. The summed E-state index contributed by atoms with van der Waals surface area (Å²) in [6.45, 7) is 0. The van der Waals surface area contributed by atoms with Crippen LogP contribution in [0.25, 0.3) is 0 Å². The number of hydrogen-bond donors (Lipinski definition) is 1. The van der Waals surface area contributed by atoms with Crippen LogP contribution in [-0.4, -0.2) is 15.8 Å². The fraction of sp³-hybridized carbons (Fsp3) is 0.143. The van der Waals surface area contributed by atoms with Crippen LogP contribution in [0.3, 0.4) is 0 Å². The molecule has 4 nitrogen and oxygen atoms in total. The van der Waals surface area contributed by atoms with Gasteiger partial charge in [0.2, 0.25) is 0 Å². The Labute approximate surface area is 167 Å². The zero-order valence-corrected chi connectivity index (χ0v) is 15.7. The number of nitrogens with zero attached hydrogens (tertiary/aromatic N) is 2. The molecule has 136 valence electrons. The highest BCUT2D eigenvalue weighted by molar-refractivity contribution is 6.37. The summed E-state index contributed by atoms with van der Waals surface area (Å²) >= 11 is 12.4. The minimum atomic E-state index is -0.864. The average molecular weight is 399 g/mol. The van der Waals surface area contributed by atoms with Crippen molar-refractivity contribution in [1.82, 2.24) is 4.98 Å². The highest BCUT2D eigenvalue weighted by Crippen LogP contribution is 2.43. The second-order valence-corrected chi connectivity index (χ2v) is 7.14. The first-order valence-electron chi connectivity index (χ1n) is 8.47. The van der Waals surface area contributed by atoms with Crippen LogP contribution in [0.2, 0.25) is 10.0 Å². The lowest BCUT2D eigenvalue weighted by Gasteiger charge is -2.25. The molecule has 3 aromatic rings. The number of rotatable bonds is 4. The molecule has 0 spiro atoms. The summed E-state index contributed by atoms with van der Waals surface area (Å²) < 4.78 is 0. The standard InChI is InChI=1S/C21H16Cl2N2O2/c22-15-8-9-16(17(23)11-15)19-18(20(26)14-7-4-10-24-12-14)21(27-25-19)13-5-2-1-3-6-13/h1-12,18,20-21,26H. The molecule has 0 saturated carbocycles. The Morgan fingerprint density at radius 2 is 1.81 bits per heavy atom. The lowest BCUT2D eigenvalue weighted by Crippen LogP contribution is -2.26. The quantitative estimate of drug-likeness (QED) is 0.655. The number of pyridine rings is 1. The van der Waals surface area contributed by atoms with Gasteiger partial charge < -0.3 is 9.94 Å². The molecular weight excluding hydrogens is 383 g/mol. The van der Waals surface area contributed by atoms with E-state index in [1.54, 1.807) is 36.7 Å². The maximum absolute atomic E-state index is 11.2. The van der Waals surface area contributed by atoms with E-state index in [4.69, 9.17) is 28.0 Å². The number of halogens is 2. The molecule has 0 fully saturated rings. The Hall–Kier alpha value is -2.40. The number of oxime groups is 1. The van der Waals surface area contributed by atoms with Crippen molar-refractivity contribution in [2.24, 2.45) is 11.1 Å². The average Bonchev–Trinajstić information content (AvgIpc) is 3.13. The molecule has 0 saturated heterocycles. The first-order chi connectivity index (χ1) is 13.1. The number of aliphatic hydroxyl groups excluding tert-OH is 1. The maximum atomic E-state index is 11.2. The Bertz CT molecular complexity index is 964. The minimum Gasteiger partial charge on any atom is -0.387 e. The molecule has 0 aliphatic carbocycles. The van der Waals surface area contributed by atoms with Crippen LogP contribution in [0.1, 0.15) is 28.9 Å². The summed E-state index contributed by atoms with van der Waals surface area (Å²) in [6.07, 6.45) is 2.01. The number of hydrogen-bond acceptors (Lipinski definition) is 4. The van der Waals surface area contributed by atoms with Crippen LogP contribution in [0.5, 0.6) is 0 Å². The van der Waals surface area contributed by atoms with Crippen LogP contribution in [-0.2, 0) is 4.84 Å². The van der Waals surface area contributed by atoms with Crippen LogP contribution >= 0.6 is 23.2 Å². The van der Waals surface area contributed by atoms with E-state index >= 15 is 0 Å². The molecule has 2 aromatic carbocycles. The summed E-state index contributed by atoms with van der Waals surface area (Å²) in [7, 11) is 0. The lowest BCUT2D eigenvalue weighted by molar-refractivity contribution is 0.0148. The third-order valence-electron chi connectivity index (χ3n) is 4.61. The molecule has 2 heterocycles. The van der Waals surface area contributed by atoms with Crippen LogP contribution in [0.4, 0.5) is 0 Å². The fourth-order valence-corrected chi connectivity index (χ4v) is 3.80. The van der Waals surface area contributed by atoms with Crippen molar-refractivity contribution in [3.63, 3.8) is 0 Å². The van der Waals surface area contributed by atoms with Crippen molar-refractivity contribution in [1.29, 1.82) is 0 Å². The largest absolute Gasteiger partial charge is 0.387 e. The highest BCUT2D eigenvalue weighted by atomic mass is 35.5. The van der Waals surface area contributed by atoms with Gasteiger partial charge in [-0.2, -0.15) is 0 Å². The molecule has 3 unspecified atom stereocenters. The van der Waals surface area contributed by atoms with E-state index in [1.165, 1.54) is 0 Å². The van der Waals surface area contributed by atoms with Gasteiger partial charge in [0.15, 0.2) is 6.10 Å². The molecular formula is C21H16Cl2N2O2. The summed E-state index contributed by atoms with van der Waals surface area (Å²) in [5, 5.41) is 16.4. The Kier molecular flexibility index (Phi) is 5.12. The third-order valence-corrected chi connectivity index (χ3v) is 5.16. The van der Waals surface area contributed by atoms with E-state index in [2.05, 4.69) is 10.1 Å². The number of benzene rings is 2. The molecule has 3 atom stereocenters. The molecule has 1 N–H and O–H groups in total. The molecule has 0 radical (unpaired) electrons. The predicted octanol–water partition coefficient (Wildman–Crippen LogP) is 5.21. The zero-order valence-electron chi connectivity index (χ0n) is 14.2. The monoisotopic (exact) mass is 398 g/mol. The zero-order chi connectivity index (χ0) is 18.8. The SMILES string of the molecule is OC(c1cccnc1)C1C(c2ccc(Cl)cc2Cl)=NOC1c1ccccc1. The molecule has 0 amide bonds. The van der Waals surface area contributed by atoms with Crippen molar-refractivity contribution >= 4 is 28.9 Å². The van der Waals surface area contributed by atoms with Crippen molar-refractivity contribution in [2.75, 3.05) is 0 Å². The number of aromatic nitrogens is 1. The van der Waals surface area contributed by atoms with Crippen molar-refractivity contribution in [3.8, 4) is 0 Å². The van der Waals surface area contributed by atoms with E-state index in [0.29, 0.717) is 26.9 Å². The third kappa shape index (κ3) is 3.56. The Morgan fingerprint density at radius 3 is 2.52 bits per heavy atom. The molecule has 1 aliphatic rings. The van der Waals surface area contributed by atoms with Crippen LogP contribution in [0, 0.1) is 5.92 Å². The van der Waals surface area contributed by atoms with E-state index in [-0.39, 0.29) is 0 Å². The topological polar surface area (TPSA) is 54.7 Å². The van der Waals surface area contributed by atoms with E-state index in [0.717, 1.165) is 5.56 Å². The van der Waals surface area contributed by atoms with Gasteiger partial charge in [-0.25, -0.2) is 0 Å². The molecule has 1 aliphatic heterocycles. The van der Waals surface area contributed by atoms with Gasteiger partial charge in [0.25, 0.3) is 0 Å². The van der Waals surface area contributed by atoms with E-state index in [1.807, 2.05) is 36.4 Å². The van der Waals surface area contributed by atoms with Crippen molar-refractivity contribution in [2.45, 2.75) is 12.2 Å². The summed E-state index contributed by atoms with van der Waals surface area (Å²) in [5.41, 5.74) is 2.88. The normalized spacial score (nSPS) is 20.0. The number of aliphatic hydroxyl groups is 1. The van der Waals surface area contributed by atoms with Crippen molar-refractivity contribution < 1.29 is 9.94 Å².